The van der Waals surface area contributed by atoms with Crippen molar-refractivity contribution in [2.24, 2.45) is 0 Å². The third kappa shape index (κ3) is 4.66. The Morgan fingerprint density at radius 3 is 2.23 bits per heavy atom. The summed E-state index contributed by atoms with van der Waals surface area (Å²) in [6, 6.07) is 23.4. The van der Waals surface area contributed by atoms with E-state index in [1.807, 2.05) is 24.3 Å². The minimum Gasteiger partial charge on any atom is -0.322 e. The molecule has 0 aliphatic carbocycles. The fourth-order valence-corrected chi connectivity index (χ4v) is 4.49. The van der Waals surface area contributed by atoms with E-state index in [1.165, 1.54) is 24.3 Å². The average molecular weight is 471 g/mol. The van der Waals surface area contributed by atoms with Crippen molar-refractivity contribution < 1.29 is 13.2 Å². The minimum atomic E-state index is -3.91. The van der Waals surface area contributed by atoms with E-state index < -0.39 is 15.9 Å². The van der Waals surface area contributed by atoms with Gasteiger partial charge in [0.25, 0.3) is 15.9 Å². The number of fused-ring (bicyclic) bond motifs is 1. The van der Waals surface area contributed by atoms with E-state index in [9.17, 15) is 13.2 Å². The smallest absolute Gasteiger partial charge is 0.261 e. The Morgan fingerprint density at radius 2 is 1.45 bits per heavy atom. The number of carbonyl (C=O) groups excluding carboxylic acids is 1. The van der Waals surface area contributed by atoms with Gasteiger partial charge < -0.3 is 5.32 Å². The molecule has 0 spiro atoms. The quantitative estimate of drug-likeness (QED) is 0.364. The van der Waals surface area contributed by atoms with E-state index in [0.717, 1.165) is 10.8 Å². The number of amides is 1. The number of rotatable bonds is 5. The van der Waals surface area contributed by atoms with Gasteiger partial charge in [-0.3, -0.25) is 9.52 Å². The molecule has 4 rings (SSSR count). The normalized spacial score (nSPS) is 11.3. The summed E-state index contributed by atoms with van der Waals surface area (Å²) in [5.41, 5.74) is 0.762. The summed E-state index contributed by atoms with van der Waals surface area (Å²) >= 11 is 11.9. The molecule has 8 heteroatoms. The maximum Gasteiger partial charge on any atom is 0.261 e. The van der Waals surface area contributed by atoms with E-state index >= 15 is 0 Å². The zero-order valence-corrected chi connectivity index (χ0v) is 18.3. The second-order valence-corrected chi connectivity index (χ2v) is 9.24. The summed E-state index contributed by atoms with van der Waals surface area (Å²) in [7, 11) is -3.91. The summed E-state index contributed by atoms with van der Waals surface area (Å²) in [6.07, 6.45) is 0. The van der Waals surface area contributed by atoms with Crippen LogP contribution in [0.2, 0.25) is 10.0 Å². The fourth-order valence-electron chi connectivity index (χ4n) is 3.08. The number of sulfonamides is 1. The van der Waals surface area contributed by atoms with Crippen LogP contribution < -0.4 is 10.0 Å². The van der Waals surface area contributed by atoms with Crippen molar-refractivity contribution in [1.82, 2.24) is 0 Å². The van der Waals surface area contributed by atoms with Gasteiger partial charge in [-0.05, 0) is 53.2 Å². The molecule has 4 aromatic rings. The van der Waals surface area contributed by atoms with Gasteiger partial charge in [-0.1, -0.05) is 65.7 Å². The van der Waals surface area contributed by atoms with Gasteiger partial charge in [0.15, 0.2) is 0 Å². The molecule has 0 unspecified atom stereocenters. The van der Waals surface area contributed by atoms with Crippen LogP contribution in [0.3, 0.4) is 0 Å². The van der Waals surface area contributed by atoms with Crippen molar-refractivity contribution in [2.75, 3.05) is 10.0 Å². The molecule has 156 valence electrons. The lowest BCUT2D eigenvalue weighted by atomic mass is 10.1. The minimum absolute atomic E-state index is 0.103. The largest absolute Gasteiger partial charge is 0.322 e. The molecule has 31 heavy (non-hydrogen) atoms. The summed E-state index contributed by atoms with van der Waals surface area (Å²) in [4.78, 5) is 12.9. The highest BCUT2D eigenvalue weighted by molar-refractivity contribution is 7.92. The fraction of sp³-hybridized carbons (Fsp3) is 0. The highest BCUT2D eigenvalue weighted by atomic mass is 35.5. The van der Waals surface area contributed by atoms with Gasteiger partial charge in [-0.2, -0.15) is 0 Å². The average Bonchev–Trinajstić information content (AvgIpc) is 2.76. The number of hydrogen-bond acceptors (Lipinski definition) is 3. The summed E-state index contributed by atoms with van der Waals surface area (Å²) in [6.45, 7) is 0. The molecule has 0 saturated carbocycles. The Bertz CT molecular complexity index is 1410. The van der Waals surface area contributed by atoms with Crippen LogP contribution >= 0.6 is 23.2 Å². The third-order valence-electron chi connectivity index (χ3n) is 4.62. The highest BCUT2D eigenvalue weighted by Crippen LogP contribution is 2.27. The van der Waals surface area contributed by atoms with Crippen LogP contribution in [0.15, 0.2) is 89.8 Å². The van der Waals surface area contributed by atoms with Crippen LogP contribution in [0.25, 0.3) is 10.8 Å². The molecule has 0 heterocycles. The third-order valence-corrected chi connectivity index (χ3v) is 6.73. The lowest BCUT2D eigenvalue weighted by Gasteiger charge is -2.13. The van der Waals surface area contributed by atoms with Gasteiger partial charge in [-0.25, -0.2) is 8.42 Å². The van der Waals surface area contributed by atoms with Crippen LogP contribution in [-0.4, -0.2) is 14.3 Å². The topological polar surface area (TPSA) is 75.3 Å². The molecule has 0 saturated heterocycles. The van der Waals surface area contributed by atoms with Crippen LogP contribution in [0, 0.1) is 0 Å². The van der Waals surface area contributed by atoms with Crippen molar-refractivity contribution in [3.05, 3.63) is 101 Å². The summed E-state index contributed by atoms with van der Waals surface area (Å²) < 4.78 is 28.5. The standard InChI is InChI=1S/C23H16Cl2N2O3S/c24-20-12-10-17(14-21(20)25)26-23(28)19-7-3-4-8-22(19)27-31(29,30)18-11-9-15-5-1-2-6-16(15)13-18/h1-14,27H,(H,26,28). The lowest BCUT2D eigenvalue weighted by Crippen LogP contribution is -2.18. The molecule has 0 aliphatic heterocycles. The van der Waals surface area contributed by atoms with Crippen molar-refractivity contribution in [3.8, 4) is 0 Å². The maximum atomic E-state index is 13.0. The number of halogens is 2. The molecule has 2 N–H and O–H groups in total. The summed E-state index contributed by atoms with van der Waals surface area (Å²) in [5.74, 6) is -0.491. The van der Waals surface area contributed by atoms with Crippen LogP contribution in [0.4, 0.5) is 11.4 Å². The van der Waals surface area contributed by atoms with Crippen molar-refractivity contribution in [1.29, 1.82) is 0 Å². The molecule has 0 atom stereocenters. The zero-order valence-electron chi connectivity index (χ0n) is 16.0. The first-order valence-electron chi connectivity index (χ1n) is 9.20. The number of carbonyl (C=O) groups is 1. The highest BCUT2D eigenvalue weighted by Gasteiger charge is 2.19. The van der Waals surface area contributed by atoms with E-state index in [0.29, 0.717) is 15.7 Å². The lowest BCUT2D eigenvalue weighted by molar-refractivity contribution is 0.102. The number of nitrogens with one attached hydrogen (secondary N) is 2. The second-order valence-electron chi connectivity index (χ2n) is 6.74. The zero-order chi connectivity index (χ0) is 22.0. The molecule has 0 fully saturated rings. The predicted octanol–water partition coefficient (Wildman–Crippen LogP) is 6.20. The molecule has 5 nitrogen and oxygen atoms in total. The van der Waals surface area contributed by atoms with Gasteiger partial charge in [0.2, 0.25) is 0 Å². The van der Waals surface area contributed by atoms with Crippen molar-refractivity contribution in [3.63, 3.8) is 0 Å². The van der Waals surface area contributed by atoms with Gasteiger partial charge in [0.1, 0.15) is 0 Å². The Labute approximate surface area is 189 Å². The monoisotopic (exact) mass is 470 g/mol. The number of para-hydroxylation sites is 1. The number of hydrogen-bond donors (Lipinski definition) is 2. The first kappa shape index (κ1) is 21.2. The molecule has 0 radical (unpaired) electrons. The van der Waals surface area contributed by atoms with Crippen LogP contribution in [0.1, 0.15) is 10.4 Å². The van der Waals surface area contributed by atoms with Gasteiger partial charge >= 0.3 is 0 Å². The SMILES string of the molecule is O=C(Nc1ccc(Cl)c(Cl)c1)c1ccccc1NS(=O)(=O)c1ccc2ccccc2c1. The van der Waals surface area contributed by atoms with Crippen LogP contribution in [-0.2, 0) is 10.0 Å². The van der Waals surface area contributed by atoms with E-state index in [-0.39, 0.29) is 16.1 Å². The molecule has 0 aliphatic rings. The van der Waals surface area contributed by atoms with Crippen LogP contribution in [0.5, 0.6) is 0 Å². The van der Waals surface area contributed by atoms with E-state index in [4.69, 9.17) is 23.2 Å². The Kier molecular flexibility index (Phi) is 5.87. The Balaban J connectivity index is 1.62. The molecular weight excluding hydrogens is 455 g/mol. The Hall–Kier alpha value is -3.06. The molecule has 4 aromatic carbocycles. The first-order chi connectivity index (χ1) is 14.8. The van der Waals surface area contributed by atoms with Gasteiger partial charge in [0.05, 0.1) is 26.2 Å². The maximum absolute atomic E-state index is 13.0. The number of anilines is 2. The molecular formula is C23H16Cl2N2O3S. The van der Waals surface area contributed by atoms with E-state index in [2.05, 4.69) is 10.0 Å². The van der Waals surface area contributed by atoms with Crippen molar-refractivity contribution >= 4 is 61.3 Å². The molecule has 1 amide bonds. The van der Waals surface area contributed by atoms with Gasteiger partial charge in [-0.15, -0.1) is 0 Å². The molecule has 0 bridgehead atoms. The van der Waals surface area contributed by atoms with Crippen molar-refractivity contribution in [2.45, 2.75) is 4.90 Å². The van der Waals surface area contributed by atoms with Gasteiger partial charge in [0, 0.05) is 5.69 Å². The van der Waals surface area contributed by atoms with E-state index in [1.54, 1.807) is 36.4 Å². The molecule has 0 aromatic heterocycles. The second kappa shape index (κ2) is 8.59. The summed E-state index contributed by atoms with van der Waals surface area (Å²) in [5, 5.41) is 5.09. The number of benzene rings is 4. The Morgan fingerprint density at radius 1 is 0.742 bits per heavy atom. The first-order valence-corrected chi connectivity index (χ1v) is 11.4. The predicted molar refractivity (Wildman–Crippen MR) is 126 cm³/mol.